The molecule has 134 valence electrons. The summed E-state index contributed by atoms with van der Waals surface area (Å²) in [5.41, 5.74) is 1.15. The molecule has 1 aromatic heterocycles. The van der Waals surface area contributed by atoms with Gasteiger partial charge in [0.25, 0.3) is 5.91 Å². The first-order valence-corrected chi connectivity index (χ1v) is 8.47. The normalized spacial score (nSPS) is 12.4. The Balaban J connectivity index is 1.88. The average Bonchev–Trinajstić information content (AvgIpc) is 2.84. The van der Waals surface area contributed by atoms with Crippen molar-refractivity contribution in [3.63, 3.8) is 0 Å². The molecule has 0 aliphatic carbocycles. The Morgan fingerprint density at radius 1 is 1.07 bits per heavy atom. The third kappa shape index (κ3) is 3.11. The number of carbonyl (C=O) groups excluding carboxylic acids is 1. The molecule has 1 aliphatic rings. The lowest BCUT2D eigenvalue weighted by molar-refractivity contribution is 0.0691. The number of benzene rings is 2. The quantitative estimate of drug-likeness (QED) is 0.713. The predicted molar refractivity (Wildman–Crippen MR) is 99.7 cm³/mol. The van der Waals surface area contributed by atoms with E-state index in [-0.39, 0.29) is 17.7 Å². The molecular weight excluding hydrogens is 368 g/mol. The fraction of sp³-hybridized carbons (Fsp3) is 0.0500. The van der Waals surface area contributed by atoms with E-state index in [0.717, 1.165) is 11.8 Å². The largest absolute Gasteiger partial charge is 0.478 e. The minimum absolute atomic E-state index is 0.0443. The zero-order valence-corrected chi connectivity index (χ0v) is 14.7. The molecule has 0 fully saturated rings. The number of carboxylic acids is 1. The molecule has 3 aromatic rings. The number of carboxylic acid groups (broad SMARTS) is 1. The number of aromatic nitrogens is 1. The van der Waals surface area contributed by atoms with Crippen LogP contribution in [0.25, 0.3) is 0 Å². The summed E-state index contributed by atoms with van der Waals surface area (Å²) in [6, 6.07) is 13.7. The van der Waals surface area contributed by atoms with Crippen LogP contribution in [0.3, 0.4) is 0 Å². The first-order valence-electron chi connectivity index (χ1n) is 8.09. The summed E-state index contributed by atoms with van der Waals surface area (Å²) < 4.78 is 5.97. The van der Waals surface area contributed by atoms with Crippen LogP contribution < -0.4 is 9.64 Å². The fourth-order valence-corrected chi connectivity index (χ4v) is 3.14. The predicted octanol–water partition coefficient (Wildman–Crippen LogP) is 4.39. The Kier molecular flexibility index (Phi) is 4.25. The van der Waals surface area contributed by atoms with Gasteiger partial charge in [-0.05, 0) is 30.3 Å². The van der Waals surface area contributed by atoms with E-state index in [1.165, 1.54) is 17.2 Å². The van der Waals surface area contributed by atoms with Gasteiger partial charge in [0, 0.05) is 23.0 Å². The molecule has 0 saturated heterocycles. The highest BCUT2D eigenvalue weighted by Crippen LogP contribution is 2.41. The monoisotopic (exact) mass is 380 g/mol. The van der Waals surface area contributed by atoms with Crippen LogP contribution in [0.1, 0.15) is 26.3 Å². The van der Waals surface area contributed by atoms with E-state index in [2.05, 4.69) is 4.98 Å². The highest BCUT2D eigenvalue weighted by molar-refractivity contribution is 6.31. The summed E-state index contributed by atoms with van der Waals surface area (Å²) in [5.74, 6) is -0.601. The molecule has 0 unspecified atom stereocenters. The van der Waals surface area contributed by atoms with E-state index in [4.69, 9.17) is 16.3 Å². The van der Waals surface area contributed by atoms with Crippen molar-refractivity contribution < 1.29 is 19.4 Å². The van der Waals surface area contributed by atoms with E-state index in [9.17, 15) is 14.7 Å². The van der Waals surface area contributed by atoms with Crippen molar-refractivity contribution in [3.05, 3.63) is 82.6 Å². The molecule has 7 heteroatoms. The summed E-state index contributed by atoms with van der Waals surface area (Å²) >= 11 is 6.14. The summed E-state index contributed by atoms with van der Waals surface area (Å²) in [4.78, 5) is 30.1. The zero-order valence-electron chi connectivity index (χ0n) is 13.9. The summed E-state index contributed by atoms with van der Waals surface area (Å²) in [5, 5.41) is 9.85. The maximum atomic E-state index is 13.3. The topological polar surface area (TPSA) is 79.7 Å². The molecule has 0 bridgehead atoms. The molecule has 2 aromatic carbocycles. The molecule has 1 N–H and O–H groups in total. The van der Waals surface area contributed by atoms with Crippen LogP contribution >= 0.6 is 11.6 Å². The number of hydrogen-bond donors (Lipinski definition) is 1. The van der Waals surface area contributed by atoms with Gasteiger partial charge < -0.3 is 14.7 Å². The lowest BCUT2D eigenvalue weighted by atomic mass is 10.1. The number of pyridine rings is 1. The van der Waals surface area contributed by atoms with Crippen LogP contribution in [0, 0.1) is 0 Å². The van der Waals surface area contributed by atoms with Gasteiger partial charge in [-0.3, -0.25) is 9.78 Å². The Hall–Kier alpha value is -3.38. The molecule has 2 heterocycles. The maximum Gasteiger partial charge on any atom is 0.338 e. The number of nitrogens with zero attached hydrogens (tertiary/aromatic N) is 2. The van der Waals surface area contributed by atoms with Crippen LogP contribution in [-0.4, -0.2) is 22.0 Å². The molecule has 0 spiro atoms. The van der Waals surface area contributed by atoms with Crippen LogP contribution in [0.4, 0.5) is 5.69 Å². The van der Waals surface area contributed by atoms with Gasteiger partial charge >= 0.3 is 5.97 Å². The molecular formula is C20H13ClN2O4. The van der Waals surface area contributed by atoms with Crippen molar-refractivity contribution in [3.8, 4) is 11.5 Å². The maximum absolute atomic E-state index is 13.3. The first-order chi connectivity index (χ1) is 13.0. The second-order valence-corrected chi connectivity index (χ2v) is 6.38. The second-order valence-electron chi connectivity index (χ2n) is 5.94. The van der Waals surface area contributed by atoms with E-state index in [1.54, 1.807) is 18.2 Å². The molecule has 27 heavy (non-hydrogen) atoms. The Labute approximate surface area is 159 Å². The van der Waals surface area contributed by atoms with Gasteiger partial charge in [-0.15, -0.1) is 0 Å². The number of hydrogen-bond acceptors (Lipinski definition) is 4. The number of aromatic carboxylic acids is 1. The number of halogens is 1. The molecule has 0 saturated carbocycles. The highest BCUT2D eigenvalue weighted by atomic mass is 35.5. The summed E-state index contributed by atoms with van der Waals surface area (Å²) in [6.45, 7) is 0.212. The minimum atomic E-state index is -1.22. The van der Waals surface area contributed by atoms with Crippen LogP contribution in [0.15, 0.2) is 60.9 Å². The van der Waals surface area contributed by atoms with E-state index >= 15 is 0 Å². The van der Waals surface area contributed by atoms with Crippen molar-refractivity contribution in [2.45, 2.75) is 6.54 Å². The smallest absolute Gasteiger partial charge is 0.338 e. The van der Waals surface area contributed by atoms with Crippen LogP contribution in [0.2, 0.25) is 5.02 Å². The van der Waals surface area contributed by atoms with Gasteiger partial charge in [0.05, 0.1) is 23.4 Å². The van der Waals surface area contributed by atoms with Gasteiger partial charge in [0.2, 0.25) is 0 Å². The SMILES string of the molecule is O=C(O)c1cnccc1C(=O)N1Cc2ccccc2Oc2ccc(Cl)cc21. The third-order valence-corrected chi connectivity index (χ3v) is 4.49. The standard InChI is InChI=1S/C20H13ClN2O4/c21-13-5-6-18-16(9-13)23(11-12-3-1-2-4-17(12)27-18)19(24)14-7-8-22-10-15(14)20(25)26/h1-10H,11H2,(H,25,26). The molecule has 4 rings (SSSR count). The number of anilines is 1. The minimum Gasteiger partial charge on any atom is -0.478 e. The molecule has 1 amide bonds. The number of carbonyl (C=O) groups is 2. The Bertz CT molecular complexity index is 1070. The number of fused-ring (bicyclic) bond motifs is 2. The first kappa shape index (κ1) is 17.1. The number of rotatable bonds is 2. The molecule has 6 nitrogen and oxygen atoms in total. The third-order valence-electron chi connectivity index (χ3n) is 4.26. The summed E-state index contributed by atoms with van der Waals surface area (Å²) in [7, 11) is 0. The second kappa shape index (κ2) is 6.74. The lowest BCUT2D eigenvalue weighted by Gasteiger charge is -2.23. The van der Waals surface area contributed by atoms with Gasteiger partial charge in [0.15, 0.2) is 5.75 Å². The van der Waals surface area contributed by atoms with E-state index in [0.29, 0.717) is 22.2 Å². The highest BCUT2D eigenvalue weighted by Gasteiger charge is 2.29. The molecule has 0 radical (unpaired) electrons. The Morgan fingerprint density at radius 2 is 1.89 bits per heavy atom. The van der Waals surface area contributed by atoms with Gasteiger partial charge in [0.1, 0.15) is 5.75 Å². The number of amides is 1. The number of para-hydroxylation sites is 1. The van der Waals surface area contributed by atoms with E-state index < -0.39 is 11.9 Å². The lowest BCUT2D eigenvalue weighted by Crippen LogP contribution is -2.31. The van der Waals surface area contributed by atoms with Crippen LogP contribution in [-0.2, 0) is 6.54 Å². The van der Waals surface area contributed by atoms with Crippen LogP contribution in [0.5, 0.6) is 11.5 Å². The van der Waals surface area contributed by atoms with Crippen molar-refractivity contribution in [1.82, 2.24) is 4.98 Å². The van der Waals surface area contributed by atoms with Gasteiger partial charge in [-0.2, -0.15) is 0 Å². The Morgan fingerprint density at radius 3 is 2.70 bits per heavy atom. The van der Waals surface area contributed by atoms with Gasteiger partial charge in [-0.1, -0.05) is 29.8 Å². The number of ether oxygens (including phenoxy) is 1. The van der Waals surface area contributed by atoms with Crippen molar-refractivity contribution in [1.29, 1.82) is 0 Å². The van der Waals surface area contributed by atoms with Crippen molar-refractivity contribution in [2.75, 3.05) is 4.90 Å². The van der Waals surface area contributed by atoms with Gasteiger partial charge in [-0.25, -0.2) is 4.79 Å². The zero-order chi connectivity index (χ0) is 19.0. The average molecular weight is 381 g/mol. The van der Waals surface area contributed by atoms with E-state index in [1.807, 2.05) is 24.3 Å². The molecule has 1 aliphatic heterocycles. The molecule has 0 atom stereocenters. The van der Waals surface area contributed by atoms with Crippen molar-refractivity contribution in [2.24, 2.45) is 0 Å². The van der Waals surface area contributed by atoms with Crippen molar-refractivity contribution >= 4 is 29.2 Å². The fourth-order valence-electron chi connectivity index (χ4n) is 2.97. The summed E-state index contributed by atoms with van der Waals surface area (Å²) in [6.07, 6.45) is 2.55.